The molecule has 28 heavy (non-hydrogen) atoms. The molecule has 0 atom stereocenters. The van der Waals surface area contributed by atoms with Crippen molar-refractivity contribution in [3.63, 3.8) is 0 Å². The zero-order valence-electron chi connectivity index (χ0n) is 15.6. The Kier molecular flexibility index (Phi) is 3.87. The fourth-order valence-electron chi connectivity index (χ4n) is 3.53. The normalized spacial score (nSPS) is 11.5. The van der Waals surface area contributed by atoms with Gasteiger partial charge in [-0.3, -0.25) is 4.79 Å². The van der Waals surface area contributed by atoms with Gasteiger partial charge in [-0.05, 0) is 12.5 Å². The van der Waals surface area contributed by atoms with Gasteiger partial charge in [0.05, 0.1) is 5.39 Å². The molecule has 0 fully saturated rings. The monoisotopic (exact) mass is 386 g/mol. The molecule has 0 amide bonds. The van der Waals surface area contributed by atoms with E-state index in [9.17, 15) is 4.79 Å². The quantitative estimate of drug-likeness (QED) is 0.426. The molecule has 5 nitrogen and oxygen atoms in total. The number of nitrogens with zero attached hydrogens (tertiary/aromatic N) is 4. The van der Waals surface area contributed by atoms with E-state index >= 15 is 0 Å². The largest absolute Gasteiger partial charge is 0.358 e. The van der Waals surface area contributed by atoms with Crippen molar-refractivity contribution in [3.05, 3.63) is 70.3 Å². The third kappa shape index (κ3) is 2.42. The maximum atomic E-state index is 13.5. The Morgan fingerprint density at radius 3 is 2.50 bits per heavy atom. The molecule has 0 saturated carbocycles. The van der Waals surface area contributed by atoms with Crippen LogP contribution in [-0.4, -0.2) is 28.2 Å². The summed E-state index contributed by atoms with van der Waals surface area (Å²) in [6, 6.07) is 17.9. The minimum absolute atomic E-state index is 0.128. The second-order valence-corrected chi connectivity index (χ2v) is 7.59. The Morgan fingerprint density at radius 1 is 1.04 bits per heavy atom. The van der Waals surface area contributed by atoms with Crippen molar-refractivity contribution in [1.29, 1.82) is 0 Å². The van der Waals surface area contributed by atoms with Gasteiger partial charge < -0.3 is 4.90 Å². The van der Waals surface area contributed by atoms with Gasteiger partial charge in [-0.1, -0.05) is 54.6 Å². The highest BCUT2D eigenvalue weighted by molar-refractivity contribution is 7.17. The molecule has 0 saturated heterocycles. The molecule has 5 aromatic rings. The summed E-state index contributed by atoms with van der Waals surface area (Å²) in [6.07, 6.45) is 0. The molecule has 5 rings (SSSR count). The number of anilines is 1. The Morgan fingerprint density at radius 2 is 1.75 bits per heavy atom. The van der Waals surface area contributed by atoms with Crippen molar-refractivity contribution in [2.45, 2.75) is 6.92 Å². The first-order valence-electron chi connectivity index (χ1n) is 9.18. The van der Waals surface area contributed by atoms with Gasteiger partial charge >= 0.3 is 0 Å². The first-order valence-corrected chi connectivity index (χ1v) is 10.1. The van der Waals surface area contributed by atoms with Crippen LogP contribution in [0.25, 0.3) is 37.8 Å². The van der Waals surface area contributed by atoms with Crippen molar-refractivity contribution in [3.8, 4) is 11.1 Å². The number of fused-ring (bicyclic) bond motifs is 4. The average molecular weight is 386 g/mol. The summed E-state index contributed by atoms with van der Waals surface area (Å²) in [7, 11) is 1.98. The van der Waals surface area contributed by atoms with Crippen LogP contribution in [0.15, 0.2) is 64.8 Å². The molecule has 0 bridgehead atoms. The average Bonchev–Trinajstić information content (AvgIpc) is 3.18. The van der Waals surface area contributed by atoms with E-state index in [-0.39, 0.29) is 5.56 Å². The molecule has 2 aromatic carbocycles. The number of hydrogen-bond acceptors (Lipinski definition) is 5. The highest BCUT2D eigenvalue weighted by atomic mass is 32.1. The molecule has 3 heterocycles. The molecule has 3 aromatic heterocycles. The molecule has 0 aliphatic carbocycles. The Balaban J connectivity index is 1.94. The molecule has 0 aliphatic rings. The zero-order valence-corrected chi connectivity index (χ0v) is 16.4. The van der Waals surface area contributed by atoms with Gasteiger partial charge in [0.25, 0.3) is 5.56 Å². The van der Waals surface area contributed by atoms with Crippen LogP contribution >= 0.6 is 11.3 Å². The first-order chi connectivity index (χ1) is 13.7. The van der Waals surface area contributed by atoms with Crippen molar-refractivity contribution >= 4 is 43.8 Å². The highest BCUT2D eigenvalue weighted by Crippen LogP contribution is 2.32. The number of benzene rings is 2. The van der Waals surface area contributed by atoms with Crippen LogP contribution in [0.5, 0.6) is 0 Å². The predicted molar refractivity (Wildman–Crippen MR) is 117 cm³/mol. The molecule has 0 unspecified atom stereocenters. The summed E-state index contributed by atoms with van der Waals surface area (Å²) < 4.78 is 1.46. The van der Waals surface area contributed by atoms with Crippen molar-refractivity contribution in [2.24, 2.45) is 0 Å². The summed E-state index contributed by atoms with van der Waals surface area (Å²) in [4.78, 5) is 21.1. The highest BCUT2D eigenvalue weighted by Gasteiger charge is 2.18. The Labute approximate surface area is 165 Å². The van der Waals surface area contributed by atoms with Gasteiger partial charge in [0, 0.05) is 35.3 Å². The molecule has 0 aliphatic heterocycles. The van der Waals surface area contributed by atoms with Crippen molar-refractivity contribution in [2.75, 3.05) is 18.5 Å². The smallest absolute Gasteiger partial charge is 0.283 e. The lowest BCUT2D eigenvalue weighted by Crippen LogP contribution is -2.24. The van der Waals surface area contributed by atoms with Crippen LogP contribution in [0.4, 0.5) is 5.82 Å². The zero-order chi connectivity index (χ0) is 19.3. The number of hydrogen-bond donors (Lipinski definition) is 0. The topological polar surface area (TPSA) is 50.5 Å². The van der Waals surface area contributed by atoms with Gasteiger partial charge in [0.1, 0.15) is 4.83 Å². The molecule has 138 valence electrons. The van der Waals surface area contributed by atoms with E-state index in [1.807, 2.05) is 71.9 Å². The minimum atomic E-state index is -0.128. The summed E-state index contributed by atoms with van der Waals surface area (Å²) in [5.74, 6) is 0.783. The lowest BCUT2D eigenvalue weighted by Gasteiger charge is -2.18. The molecular weight excluding hydrogens is 368 g/mol. The van der Waals surface area contributed by atoms with Gasteiger partial charge in [0.15, 0.2) is 11.5 Å². The van der Waals surface area contributed by atoms with Gasteiger partial charge in [-0.25, -0.2) is 4.98 Å². The maximum Gasteiger partial charge on any atom is 0.283 e. The van der Waals surface area contributed by atoms with E-state index in [1.54, 1.807) is 0 Å². The van der Waals surface area contributed by atoms with Crippen LogP contribution in [0.1, 0.15) is 6.92 Å². The number of rotatable bonds is 3. The third-order valence-corrected chi connectivity index (χ3v) is 5.98. The second-order valence-electron chi connectivity index (χ2n) is 6.73. The third-order valence-electron chi connectivity index (χ3n) is 5.11. The number of thiophene rings is 1. The van der Waals surface area contributed by atoms with E-state index in [1.165, 1.54) is 15.9 Å². The second kappa shape index (κ2) is 6.42. The minimum Gasteiger partial charge on any atom is -0.358 e. The molecular formula is C22H18N4OS. The summed E-state index contributed by atoms with van der Waals surface area (Å²) in [5.41, 5.74) is 2.39. The van der Waals surface area contributed by atoms with Gasteiger partial charge in [-0.15, -0.1) is 16.4 Å². The maximum absolute atomic E-state index is 13.5. The number of aromatic nitrogens is 3. The fourth-order valence-corrected chi connectivity index (χ4v) is 4.47. The lowest BCUT2D eigenvalue weighted by atomic mass is 10.1. The van der Waals surface area contributed by atoms with E-state index < -0.39 is 0 Å². The predicted octanol–water partition coefficient (Wildman–Crippen LogP) is 4.58. The molecule has 0 radical (unpaired) electrons. The van der Waals surface area contributed by atoms with Crippen LogP contribution in [-0.2, 0) is 0 Å². The fraction of sp³-hybridized carbons (Fsp3) is 0.136. The van der Waals surface area contributed by atoms with E-state index in [0.717, 1.165) is 39.1 Å². The summed E-state index contributed by atoms with van der Waals surface area (Å²) in [5, 5.41) is 9.28. The summed E-state index contributed by atoms with van der Waals surface area (Å²) >= 11 is 1.50. The molecule has 6 heteroatoms. The van der Waals surface area contributed by atoms with Crippen molar-refractivity contribution < 1.29 is 0 Å². The van der Waals surface area contributed by atoms with Crippen LogP contribution in [0.2, 0.25) is 0 Å². The van der Waals surface area contributed by atoms with Crippen LogP contribution in [0, 0.1) is 0 Å². The Bertz CT molecular complexity index is 1390. The van der Waals surface area contributed by atoms with E-state index in [0.29, 0.717) is 11.0 Å². The Hall–Kier alpha value is -3.25. The van der Waals surface area contributed by atoms with Crippen LogP contribution in [0.3, 0.4) is 0 Å². The van der Waals surface area contributed by atoms with Crippen LogP contribution < -0.4 is 10.5 Å². The SMILES string of the molecule is CCN(C)c1nn2c(=O)c3c(-c4ccccc4)csc3nc2c2ccccc12. The molecule has 0 N–H and O–H groups in total. The van der Waals surface area contributed by atoms with E-state index in [4.69, 9.17) is 10.1 Å². The van der Waals surface area contributed by atoms with E-state index in [2.05, 4.69) is 6.92 Å². The lowest BCUT2D eigenvalue weighted by molar-refractivity contribution is 0.846. The van der Waals surface area contributed by atoms with Gasteiger partial charge in [-0.2, -0.15) is 4.52 Å². The van der Waals surface area contributed by atoms with Crippen molar-refractivity contribution in [1.82, 2.24) is 14.6 Å². The first kappa shape index (κ1) is 16.9. The molecule has 0 spiro atoms. The van der Waals surface area contributed by atoms with Gasteiger partial charge in [0.2, 0.25) is 0 Å². The summed E-state index contributed by atoms with van der Waals surface area (Å²) in [6.45, 7) is 2.86. The standard InChI is InChI=1S/C22H18N4OS/c1-3-25(2)20-16-12-8-7-11-15(16)19-23-21-18(22(27)26(19)24-20)17(13-28-21)14-9-5-4-6-10-14/h4-13H,3H2,1-2H3.